The lowest BCUT2D eigenvalue weighted by Gasteiger charge is -2.12. The van der Waals surface area contributed by atoms with Gasteiger partial charge in [-0.15, -0.1) is 0 Å². The van der Waals surface area contributed by atoms with E-state index in [1.807, 2.05) is 13.8 Å². The molecule has 0 radical (unpaired) electrons. The smallest absolute Gasteiger partial charge is 0.242 e. The Morgan fingerprint density at radius 2 is 2.14 bits per heavy atom. The molecule has 1 unspecified atom stereocenters. The first kappa shape index (κ1) is 18.0. The first-order valence-electron chi connectivity index (χ1n) is 6.79. The molecule has 6 heteroatoms. The SMILES string of the molecule is CCC(C)CNS(=O)(=O)c1ccc(C#CCCO)cc1Cl. The van der Waals surface area contributed by atoms with Crippen molar-refractivity contribution in [3.8, 4) is 11.8 Å². The molecule has 0 heterocycles. The van der Waals surface area contributed by atoms with Crippen molar-refractivity contribution in [2.45, 2.75) is 31.6 Å². The zero-order chi connectivity index (χ0) is 15.9. The third-order valence-corrected chi connectivity index (χ3v) is 4.92. The molecular weight excluding hydrogens is 310 g/mol. The van der Waals surface area contributed by atoms with Gasteiger partial charge in [0.25, 0.3) is 0 Å². The van der Waals surface area contributed by atoms with E-state index >= 15 is 0 Å². The lowest BCUT2D eigenvalue weighted by molar-refractivity contribution is 0.305. The molecule has 1 atom stereocenters. The van der Waals surface area contributed by atoms with Crippen molar-refractivity contribution in [1.82, 2.24) is 4.72 Å². The average Bonchev–Trinajstić information content (AvgIpc) is 2.45. The van der Waals surface area contributed by atoms with Gasteiger partial charge in [0.1, 0.15) is 4.90 Å². The summed E-state index contributed by atoms with van der Waals surface area (Å²) < 4.78 is 26.9. The normalized spacial score (nSPS) is 12.6. The quantitative estimate of drug-likeness (QED) is 0.788. The number of benzene rings is 1. The molecule has 0 aliphatic carbocycles. The number of nitrogens with one attached hydrogen (secondary N) is 1. The number of sulfonamides is 1. The molecule has 116 valence electrons. The van der Waals surface area contributed by atoms with Crippen LogP contribution in [0.25, 0.3) is 0 Å². The molecule has 21 heavy (non-hydrogen) atoms. The summed E-state index contributed by atoms with van der Waals surface area (Å²) >= 11 is 6.04. The maximum atomic E-state index is 12.2. The fourth-order valence-corrected chi connectivity index (χ4v) is 3.20. The van der Waals surface area contributed by atoms with Crippen LogP contribution >= 0.6 is 11.6 Å². The Labute approximate surface area is 131 Å². The van der Waals surface area contributed by atoms with E-state index in [0.717, 1.165) is 6.42 Å². The van der Waals surface area contributed by atoms with Crippen molar-refractivity contribution in [1.29, 1.82) is 0 Å². The van der Waals surface area contributed by atoms with Gasteiger partial charge in [-0.3, -0.25) is 0 Å². The first-order chi connectivity index (χ1) is 9.90. The zero-order valence-electron chi connectivity index (χ0n) is 12.2. The standard InChI is InChI=1S/C15H20ClNO3S/c1-3-12(2)11-17-21(19,20)15-8-7-13(10-14(15)16)6-4-5-9-18/h7-8,10,12,17-18H,3,5,9,11H2,1-2H3. The molecule has 0 saturated heterocycles. The Bertz CT molecular complexity index is 632. The summed E-state index contributed by atoms with van der Waals surface area (Å²) in [7, 11) is -3.61. The van der Waals surface area contributed by atoms with Crippen LogP contribution < -0.4 is 4.72 Å². The summed E-state index contributed by atoms with van der Waals surface area (Å²) in [5.41, 5.74) is 0.620. The lowest BCUT2D eigenvalue weighted by Crippen LogP contribution is -2.28. The number of rotatable bonds is 6. The van der Waals surface area contributed by atoms with Gasteiger partial charge in [0, 0.05) is 18.5 Å². The van der Waals surface area contributed by atoms with E-state index in [9.17, 15) is 8.42 Å². The van der Waals surface area contributed by atoms with Crippen molar-refractivity contribution >= 4 is 21.6 Å². The van der Waals surface area contributed by atoms with Crippen molar-refractivity contribution in [3.63, 3.8) is 0 Å². The van der Waals surface area contributed by atoms with E-state index in [1.54, 1.807) is 6.07 Å². The van der Waals surface area contributed by atoms with Crippen LogP contribution in [0.4, 0.5) is 0 Å². The van der Waals surface area contributed by atoms with Crippen LogP contribution in [0.3, 0.4) is 0 Å². The summed E-state index contributed by atoms with van der Waals surface area (Å²) in [5, 5.41) is 8.80. The predicted octanol–water partition coefficient (Wildman–Crippen LogP) is 2.40. The minimum Gasteiger partial charge on any atom is -0.395 e. The topological polar surface area (TPSA) is 66.4 Å². The predicted molar refractivity (Wildman–Crippen MR) is 84.7 cm³/mol. The summed E-state index contributed by atoms with van der Waals surface area (Å²) in [6, 6.07) is 4.57. The molecule has 4 nitrogen and oxygen atoms in total. The second-order valence-corrected chi connectivity index (χ2v) is 6.93. The molecule has 0 aliphatic rings. The minimum atomic E-state index is -3.61. The Morgan fingerprint density at radius 1 is 1.43 bits per heavy atom. The third-order valence-electron chi connectivity index (χ3n) is 3.01. The van der Waals surface area contributed by atoms with E-state index in [2.05, 4.69) is 16.6 Å². The maximum absolute atomic E-state index is 12.2. The zero-order valence-corrected chi connectivity index (χ0v) is 13.8. The van der Waals surface area contributed by atoms with Crippen LogP contribution in [-0.4, -0.2) is 26.7 Å². The second-order valence-electron chi connectivity index (χ2n) is 4.79. The first-order valence-corrected chi connectivity index (χ1v) is 8.65. The lowest BCUT2D eigenvalue weighted by atomic mass is 10.1. The highest BCUT2D eigenvalue weighted by atomic mass is 35.5. The maximum Gasteiger partial charge on any atom is 0.242 e. The molecule has 0 aliphatic heterocycles. The largest absolute Gasteiger partial charge is 0.395 e. The van der Waals surface area contributed by atoms with Crippen LogP contribution in [0.15, 0.2) is 23.1 Å². The Morgan fingerprint density at radius 3 is 2.71 bits per heavy atom. The molecular formula is C15H20ClNO3S. The summed E-state index contributed by atoms with van der Waals surface area (Å²) in [6.07, 6.45) is 1.27. The molecule has 1 aromatic rings. The fourth-order valence-electron chi connectivity index (χ4n) is 1.49. The highest BCUT2D eigenvalue weighted by molar-refractivity contribution is 7.89. The van der Waals surface area contributed by atoms with Gasteiger partial charge in [0.2, 0.25) is 10.0 Å². The summed E-state index contributed by atoms with van der Waals surface area (Å²) in [6.45, 7) is 4.36. The van der Waals surface area contributed by atoms with Gasteiger partial charge in [0.15, 0.2) is 0 Å². The van der Waals surface area contributed by atoms with Gasteiger partial charge in [-0.2, -0.15) is 0 Å². The average molecular weight is 330 g/mol. The minimum absolute atomic E-state index is 0.00721. The van der Waals surface area contributed by atoms with E-state index in [1.165, 1.54) is 12.1 Å². The highest BCUT2D eigenvalue weighted by Gasteiger charge is 2.18. The van der Waals surface area contributed by atoms with E-state index in [4.69, 9.17) is 16.7 Å². The third kappa shape index (κ3) is 5.68. The van der Waals surface area contributed by atoms with Crippen LogP contribution in [0.1, 0.15) is 32.3 Å². The summed E-state index contributed by atoms with van der Waals surface area (Å²) in [5.74, 6) is 5.84. The van der Waals surface area contributed by atoms with Crippen molar-refractivity contribution in [3.05, 3.63) is 28.8 Å². The van der Waals surface area contributed by atoms with Gasteiger partial charge in [0.05, 0.1) is 11.6 Å². The molecule has 2 N–H and O–H groups in total. The Kier molecular flexibility index (Phi) is 7.20. The van der Waals surface area contributed by atoms with E-state index in [-0.39, 0.29) is 22.4 Å². The fraction of sp³-hybridized carbons (Fsp3) is 0.467. The molecule has 0 spiro atoms. The van der Waals surface area contributed by atoms with Crippen LogP contribution in [0.2, 0.25) is 5.02 Å². The number of aliphatic hydroxyl groups excluding tert-OH is 1. The number of hydrogen-bond acceptors (Lipinski definition) is 3. The van der Waals surface area contributed by atoms with Crippen LogP contribution in [0, 0.1) is 17.8 Å². The Balaban J connectivity index is 2.91. The molecule has 0 bridgehead atoms. The number of hydrogen-bond donors (Lipinski definition) is 2. The molecule has 0 amide bonds. The highest BCUT2D eigenvalue weighted by Crippen LogP contribution is 2.22. The summed E-state index contributed by atoms with van der Waals surface area (Å²) in [4.78, 5) is 0.0557. The Hall–Kier alpha value is -1.06. The van der Waals surface area contributed by atoms with E-state index in [0.29, 0.717) is 18.5 Å². The number of halogens is 1. The van der Waals surface area contributed by atoms with Crippen molar-refractivity contribution in [2.75, 3.05) is 13.2 Å². The molecule has 0 saturated carbocycles. The van der Waals surface area contributed by atoms with Crippen LogP contribution in [0.5, 0.6) is 0 Å². The molecule has 0 aromatic heterocycles. The van der Waals surface area contributed by atoms with Gasteiger partial charge >= 0.3 is 0 Å². The van der Waals surface area contributed by atoms with E-state index < -0.39 is 10.0 Å². The van der Waals surface area contributed by atoms with Gasteiger partial charge in [-0.05, 0) is 24.1 Å². The number of aliphatic hydroxyl groups is 1. The van der Waals surface area contributed by atoms with Gasteiger partial charge in [-0.1, -0.05) is 43.7 Å². The molecule has 0 fully saturated rings. The molecule has 1 aromatic carbocycles. The van der Waals surface area contributed by atoms with Gasteiger partial charge in [-0.25, -0.2) is 13.1 Å². The second kappa shape index (κ2) is 8.40. The van der Waals surface area contributed by atoms with Crippen molar-refractivity contribution in [2.24, 2.45) is 5.92 Å². The van der Waals surface area contributed by atoms with Crippen LogP contribution in [-0.2, 0) is 10.0 Å². The monoisotopic (exact) mass is 329 g/mol. The van der Waals surface area contributed by atoms with Gasteiger partial charge < -0.3 is 5.11 Å². The molecule has 1 rings (SSSR count). The van der Waals surface area contributed by atoms with Crippen molar-refractivity contribution < 1.29 is 13.5 Å².